The highest BCUT2D eigenvalue weighted by atomic mass is 16.3. The maximum Gasteiger partial charge on any atom is 0.123 e. The van der Waals surface area contributed by atoms with Gasteiger partial charge in [-0.2, -0.15) is 0 Å². The zero-order chi connectivity index (χ0) is 17.9. The molecule has 0 aliphatic carbocycles. The number of allylic oxidation sites excluding steroid dienone is 4. The van der Waals surface area contributed by atoms with E-state index in [-0.39, 0.29) is 18.1 Å². The van der Waals surface area contributed by atoms with E-state index in [1.807, 2.05) is 0 Å². The van der Waals surface area contributed by atoms with Crippen LogP contribution in [0.4, 0.5) is 0 Å². The first-order valence-corrected chi connectivity index (χ1v) is 8.87. The average molecular weight is 332 g/mol. The molecule has 0 saturated carbocycles. The highest BCUT2D eigenvalue weighted by Crippen LogP contribution is 2.30. The normalized spacial score (nSPS) is 11.6. The van der Waals surface area contributed by atoms with Gasteiger partial charge >= 0.3 is 0 Å². The SMILES string of the molecule is CC(C)=CCC/C(C)=C/Cc1c(O)cc(CCCCCO)cc1O. The molecule has 0 unspecified atom stereocenters. The van der Waals surface area contributed by atoms with Gasteiger partial charge in [0.25, 0.3) is 0 Å². The molecule has 1 rings (SSSR count). The van der Waals surface area contributed by atoms with Crippen LogP contribution in [0.25, 0.3) is 0 Å². The van der Waals surface area contributed by atoms with Crippen LogP contribution in [0.3, 0.4) is 0 Å². The van der Waals surface area contributed by atoms with Crippen LogP contribution in [0.15, 0.2) is 35.4 Å². The van der Waals surface area contributed by atoms with Gasteiger partial charge in [0, 0.05) is 12.2 Å². The first-order chi connectivity index (χ1) is 11.4. The van der Waals surface area contributed by atoms with Gasteiger partial charge in [0.15, 0.2) is 0 Å². The van der Waals surface area contributed by atoms with E-state index >= 15 is 0 Å². The van der Waals surface area contributed by atoms with E-state index in [2.05, 4.69) is 32.9 Å². The maximum absolute atomic E-state index is 10.2. The van der Waals surface area contributed by atoms with E-state index in [0.29, 0.717) is 12.0 Å². The van der Waals surface area contributed by atoms with Gasteiger partial charge in [0.1, 0.15) is 11.5 Å². The molecule has 0 aromatic heterocycles. The van der Waals surface area contributed by atoms with Crippen LogP contribution in [0.1, 0.15) is 64.0 Å². The molecule has 1 aromatic carbocycles. The van der Waals surface area contributed by atoms with Gasteiger partial charge in [-0.1, -0.05) is 29.7 Å². The molecule has 3 N–H and O–H groups in total. The number of rotatable bonds is 10. The molecule has 0 aliphatic heterocycles. The Morgan fingerprint density at radius 2 is 1.62 bits per heavy atom. The summed E-state index contributed by atoms with van der Waals surface area (Å²) in [5.41, 5.74) is 4.12. The van der Waals surface area contributed by atoms with Crippen molar-refractivity contribution >= 4 is 0 Å². The van der Waals surface area contributed by atoms with Crippen LogP contribution < -0.4 is 0 Å². The lowest BCUT2D eigenvalue weighted by molar-refractivity contribution is 0.283. The number of phenols is 2. The summed E-state index contributed by atoms with van der Waals surface area (Å²) in [4.78, 5) is 0. The molecular weight excluding hydrogens is 300 g/mol. The number of benzene rings is 1. The minimum Gasteiger partial charge on any atom is -0.508 e. The standard InChI is InChI=1S/C21H32O3/c1-16(2)8-7-9-17(3)11-12-19-20(23)14-18(15-21(19)24)10-5-4-6-13-22/h8,11,14-15,22-24H,4-7,9-10,12-13H2,1-3H3/b17-11+. The van der Waals surface area contributed by atoms with Crippen molar-refractivity contribution in [2.75, 3.05) is 6.61 Å². The monoisotopic (exact) mass is 332 g/mol. The van der Waals surface area contributed by atoms with Crippen molar-refractivity contribution in [3.63, 3.8) is 0 Å². The minimum atomic E-state index is 0.167. The molecule has 0 spiro atoms. The van der Waals surface area contributed by atoms with Crippen LogP contribution in [-0.4, -0.2) is 21.9 Å². The van der Waals surface area contributed by atoms with E-state index in [1.54, 1.807) is 12.1 Å². The highest BCUT2D eigenvalue weighted by molar-refractivity contribution is 5.47. The first-order valence-electron chi connectivity index (χ1n) is 8.87. The fourth-order valence-corrected chi connectivity index (χ4v) is 2.64. The van der Waals surface area contributed by atoms with E-state index in [0.717, 1.165) is 44.1 Å². The zero-order valence-corrected chi connectivity index (χ0v) is 15.3. The summed E-state index contributed by atoms with van der Waals surface area (Å²) in [6.45, 7) is 6.50. The summed E-state index contributed by atoms with van der Waals surface area (Å²) in [5, 5.41) is 29.2. The van der Waals surface area contributed by atoms with Crippen molar-refractivity contribution in [3.05, 3.63) is 46.6 Å². The Morgan fingerprint density at radius 3 is 2.21 bits per heavy atom. The summed E-state index contributed by atoms with van der Waals surface area (Å²) in [5.74, 6) is 0.334. The molecule has 134 valence electrons. The van der Waals surface area contributed by atoms with E-state index in [9.17, 15) is 10.2 Å². The number of phenolic OH excluding ortho intramolecular Hbond substituents is 2. The second-order valence-electron chi connectivity index (χ2n) is 6.72. The number of hydrogen-bond donors (Lipinski definition) is 3. The van der Waals surface area contributed by atoms with Crippen molar-refractivity contribution in [2.45, 2.75) is 65.7 Å². The van der Waals surface area contributed by atoms with Crippen molar-refractivity contribution in [1.29, 1.82) is 0 Å². The van der Waals surface area contributed by atoms with Crippen molar-refractivity contribution in [2.24, 2.45) is 0 Å². The summed E-state index contributed by atoms with van der Waals surface area (Å²) >= 11 is 0. The Morgan fingerprint density at radius 1 is 0.958 bits per heavy atom. The Labute approximate surface area is 146 Å². The van der Waals surface area contributed by atoms with Gasteiger partial charge in [-0.3, -0.25) is 0 Å². The van der Waals surface area contributed by atoms with E-state index in [4.69, 9.17) is 5.11 Å². The largest absolute Gasteiger partial charge is 0.508 e. The Hall–Kier alpha value is -1.74. The molecule has 1 aromatic rings. The van der Waals surface area contributed by atoms with E-state index in [1.165, 1.54) is 11.1 Å². The Bertz CT molecular complexity index is 543. The summed E-state index contributed by atoms with van der Waals surface area (Å²) < 4.78 is 0. The van der Waals surface area contributed by atoms with Gasteiger partial charge in [0.2, 0.25) is 0 Å². The number of aliphatic hydroxyl groups is 1. The molecule has 0 fully saturated rings. The fourth-order valence-electron chi connectivity index (χ4n) is 2.64. The van der Waals surface area contributed by atoms with Gasteiger partial charge in [-0.05, 0) is 77.0 Å². The second-order valence-corrected chi connectivity index (χ2v) is 6.72. The van der Waals surface area contributed by atoms with Gasteiger partial charge < -0.3 is 15.3 Å². The lowest BCUT2D eigenvalue weighted by atomic mass is 10.0. The highest BCUT2D eigenvalue weighted by Gasteiger charge is 2.09. The van der Waals surface area contributed by atoms with Crippen molar-refractivity contribution in [3.8, 4) is 11.5 Å². The predicted molar refractivity (Wildman–Crippen MR) is 101 cm³/mol. The van der Waals surface area contributed by atoms with Crippen LogP contribution in [0, 0.1) is 0 Å². The first kappa shape index (κ1) is 20.3. The molecule has 0 bridgehead atoms. The smallest absolute Gasteiger partial charge is 0.123 e. The number of aliphatic hydroxyl groups excluding tert-OH is 1. The molecule has 3 heteroatoms. The van der Waals surface area contributed by atoms with Gasteiger partial charge in [-0.15, -0.1) is 0 Å². The van der Waals surface area contributed by atoms with Crippen molar-refractivity contribution in [1.82, 2.24) is 0 Å². The molecular formula is C21H32O3. The van der Waals surface area contributed by atoms with Gasteiger partial charge in [0.05, 0.1) is 0 Å². The molecule has 0 radical (unpaired) electrons. The minimum absolute atomic E-state index is 0.167. The van der Waals surface area contributed by atoms with Crippen LogP contribution in [-0.2, 0) is 12.8 Å². The Kier molecular flexibility index (Phi) is 9.24. The lowest BCUT2D eigenvalue weighted by Gasteiger charge is -2.09. The second kappa shape index (κ2) is 10.9. The van der Waals surface area contributed by atoms with E-state index < -0.39 is 0 Å². The van der Waals surface area contributed by atoms with Gasteiger partial charge in [-0.25, -0.2) is 0 Å². The molecule has 0 heterocycles. The quantitative estimate of drug-likeness (QED) is 0.415. The number of unbranched alkanes of at least 4 members (excludes halogenated alkanes) is 2. The Balaban J connectivity index is 2.63. The zero-order valence-electron chi connectivity index (χ0n) is 15.3. The van der Waals surface area contributed by atoms with Crippen LogP contribution >= 0.6 is 0 Å². The maximum atomic E-state index is 10.2. The van der Waals surface area contributed by atoms with Crippen molar-refractivity contribution < 1.29 is 15.3 Å². The lowest BCUT2D eigenvalue weighted by Crippen LogP contribution is -1.92. The fraction of sp³-hybridized carbons (Fsp3) is 0.524. The number of aryl methyl sites for hydroxylation is 1. The summed E-state index contributed by atoms with van der Waals surface area (Å²) in [6, 6.07) is 3.50. The topological polar surface area (TPSA) is 60.7 Å². The summed E-state index contributed by atoms with van der Waals surface area (Å²) in [6.07, 6.45) is 10.4. The molecule has 0 atom stereocenters. The molecule has 24 heavy (non-hydrogen) atoms. The van der Waals surface area contributed by atoms with Crippen LogP contribution in [0.2, 0.25) is 0 Å². The number of hydrogen-bond acceptors (Lipinski definition) is 3. The molecule has 0 aliphatic rings. The summed E-state index contributed by atoms with van der Waals surface area (Å²) in [7, 11) is 0. The predicted octanol–water partition coefficient (Wildman–Crippen LogP) is 5.04. The molecule has 3 nitrogen and oxygen atoms in total. The average Bonchev–Trinajstić information content (AvgIpc) is 2.50. The third-order valence-electron chi connectivity index (χ3n) is 4.13. The third-order valence-corrected chi connectivity index (χ3v) is 4.13. The third kappa shape index (κ3) is 7.69. The van der Waals surface area contributed by atoms with Crippen LogP contribution in [0.5, 0.6) is 11.5 Å². The molecule has 0 amide bonds. The number of aromatic hydroxyl groups is 2. The molecule has 0 saturated heterocycles.